The molecular weight excluding hydrogens is 487 g/mol. The van der Waals surface area contributed by atoms with Gasteiger partial charge in [0.2, 0.25) is 5.88 Å². The Bertz CT molecular complexity index is 1220. The molecule has 3 rings (SSSR count). The molecular formula is C22H22F3N5O4S. The number of urea groups is 1. The monoisotopic (exact) mass is 509 g/mol. The summed E-state index contributed by atoms with van der Waals surface area (Å²) in [6.07, 6.45) is -0.694. The largest absolute Gasteiger partial charge is 0.478 e. The fraction of sp³-hybridized carbons (Fsp3) is 0.318. The van der Waals surface area contributed by atoms with Gasteiger partial charge in [0.15, 0.2) is 5.69 Å². The first-order valence-corrected chi connectivity index (χ1v) is 11.5. The van der Waals surface area contributed by atoms with E-state index in [-0.39, 0.29) is 45.6 Å². The van der Waals surface area contributed by atoms with Gasteiger partial charge in [-0.25, -0.2) is 14.6 Å². The number of pyridine rings is 2. The molecule has 35 heavy (non-hydrogen) atoms. The molecule has 0 bridgehead atoms. The first-order valence-electron chi connectivity index (χ1n) is 10.6. The number of nitrogens with zero attached hydrogens (tertiary/aromatic N) is 3. The van der Waals surface area contributed by atoms with Crippen LogP contribution in [0.25, 0.3) is 21.7 Å². The van der Waals surface area contributed by atoms with Crippen molar-refractivity contribution in [2.75, 3.05) is 18.5 Å². The van der Waals surface area contributed by atoms with E-state index in [1.165, 1.54) is 18.3 Å². The van der Waals surface area contributed by atoms with Crippen LogP contribution in [0.5, 0.6) is 5.88 Å². The summed E-state index contributed by atoms with van der Waals surface area (Å²) in [5, 5.41) is 15.3. The molecule has 0 atom stereocenters. The molecule has 0 spiro atoms. The number of hydrogen-bond donors (Lipinski definition) is 3. The van der Waals surface area contributed by atoms with E-state index < -0.39 is 23.9 Å². The maximum atomic E-state index is 13.3. The van der Waals surface area contributed by atoms with Crippen molar-refractivity contribution in [2.24, 2.45) is 0 Å². The number of alkyl halides is 3. The van der Waals surface area contributed by atoms with Crippen molar-refractivity contribution in [1.29, 1.82) is 0 Å². The number of carbonyl (C=O) groups is 2. The molecule has 3 heterocycles. The molecule has 0 aliphatic rings. The molecule has 0 radical (unpaired) electrons. The highest BCUT2D eigenvalue weighted by Crippen LogP contribution is 2.42. The number of unbranched alkanes of at least 4 members (excludes halogenated alkanes) is 1. The number of carboxylic acid groups (broad SMARTS) is 1. The van der Waals surface area contributed by atoms with Crippen molar-refractivity contribution in [2.45, 2.75) is 32.9 Å². The number of aromatic carboxylic acids is 1. The second-order valence-corrected chi connectivity index (χ2v) is 8.08. The van der Waals surface area contributed by atoms with Gasteiger partial charge < -0.3 is 15.2 Å². The number of aromatic nitrogens is 3. The second kappa shape index (κ2) is 11.1. The van der Waals surface area contributed by atoms with Crippen LogP contribution in [0, 0.1) is 0 Å². The van der Waals surface area contributed by atoms with Crippen LogP contribution in [0.4, 0.5) is 23.8 Å². The Balaban J connectivity index is 2.25. The van der Waals surface area contributed by atoms with Crippen molar-refractivity contribution in [3.8, 4) is 27.6 Å². The highest BCUT2D eigenvalue weighted by atomic mass is 32.1. The van der Waals surface area contributed by atoms with Gasteiger partial charge in [-0.3, -0.25) is 10.3 Å². The molecule has 13 heteroatoms. The van der Waals surface area contributed by atoms with E-state index in [4.69, 9.17) is 4.74 Å². The summed E-state index contributed by atoms with van der Waals surface area (Å²) < 4.78 is 45.7. The van der Waals surface area contributed by atoms with E-state index >= 15 is 0 Å². The Morgan fingerprint density at radius 3 is 2.57 bits per heavy atom. The fourth-order valence-corrected chi connectivity index (χ4v) is 3.84. The lowest BCUT2D eigenvalue weighted by Crippen LogP contribution is -2.28. The zero-order valence-corrected chi connectivity index (χ0v) is 19.6. The first kappa shape index (κ1) is 25.9. The summed E-state index contributed by atoms with van der Waals surface area (Å²) in [7, 11) is 0. The quantitative estimate of drug-likeness (QED) is 0.334. The predicted octanol–water partition coefficient (Wildman–Crippen LogP) is 5.30. The molecule has 0 aliphatic carbocycles. The maximum Gasteiger partial charge on any atom is 0.434 e. The number of amides is 2. The molecule has 0 unspecified atom stereocenters. The second-order valence-electron chi connectivity index (χ2n) is 7.22. The van der Waals surface area contributed by atoms with Crippen LogP contribution in [0.2, 0.25) is 0 Å². The summed E-state index contributed by atoms with van der Waals surface area (Å²) in [4.78, 5) is 35.6. The molecule has 3 aromatic heterocycles. The number of thiazole rings is 1. The van der Waals surface area contributed by atoms with E-state index in [2.05, 4.69) is 25.6 Å². The number of carboxylic acids is 1. The van der Waals surface area contributed by atoms with Crippen molar-refractivity contribution in [3.05, 3.63) is 41.2 Å². The molecule has 0 aliphatic heterocycles. The zero-order chi connectivity index (χ0) is 25.6. The lowest BCUT2D eigenvalue weighted by Gasteiger charge is -2.17. The van der Waals surface area contributed by atoms with Crippen molar-refractivity contribution in [3.63, 3.8) is 0 Å². The van der Waals surface area contributed by atoms with Crippen molar-refractivity contribution >= 4 is 29.2 Å². The summed E-state index contributed by atoms with van der Waals surface area (Å²) in [6.45, 7) is 4.24. The van der Waals surface area contributed by atoms with Gasteiger partial charge in [-0.2, -0.15) is 18.2 Å². The summed E-state index contributed by atoms with van der Waals surface area (Å²) in [6, 6.07) is 2.12. The average molecular weight is 510 g/mol. The number of rotatable bonds is 9. The Hall–Kier alpha value is -3.74. The van der Waals surface area contributed by atoms with E-state index in [0.29, 0.717) is 13.0 Å². The minimum atomic E-state index is -4.66. The number of nitrogens with one attached hydrogen (secondary N) is 2. The van der Waals surface area contributed by atoms with Gasteiger partial charge in [0.25, 0.3) is 0 Å². The van der Waals surface area contributed by atoms with E-state index in [1.807, 2.05) is 6.92 Å². The zero-order valence-electron chi connectivity index (χ0n) is 18.8. The molecule has 186 valence electrons. The van der Waals surface area contributed by atoms with Crippen molar-refractivity contribution in [1.82, 2.24) is 20.3 Å². The van der Waals surface area contributed by atoms with Gasteiger partial charge in [-0.1, -0.05) is 13.3 Å². The smallest absolute Gasteiger partial charge is 0.434 e. The van der Waals surface area contributed by atoms with E-state index in [9.17, 15) is 27.9 Å². The van der Waals surface area contributed by atoms with Crippen LogP contribution in [0.15, 0.2) is 29.9 Å². The maximum absolute atomic E-state index is 13.3. The van der Waals surface area contributed by atoms with Crippen LogP contribution >= 0.6 is 11.3 Å². The first-order chi connectivity index (χ1) is 16.6. The third-order valence-corrected chi connectivity index (χ3v) is 5.48. The average Bonchev–Trinajstić information content (AvgIpc) is 3.30. The van der Waals surface area contributed by atoms with Crippen LogP contribution in [-0.2, 0) is 6.18 Å². The predicted molar refractivity (Wildman–Crippen MR) is 124 cm³/mol. The highest BCUT2D eigenvalue weighted by Gasteiger charge is 2.34. The SMILES string of the molecule is CCCCOc1nc(NC(=O)NCC)cc(-c2nc(C(F)(F)F)cs2)c1-c1cncc(C(=O)O)c1. The summed E-state index contributed by atoms with van der Waals surface area (Å²) in [5.41, 5.74) is -0.575. The fourth-order valence-electron chi connectivity index (χ4n) is 2.99. The number of halogens is 3. The minimum Gasteiger partial charge on any atom is -0.478 e. The standard InChI is InChI=1S/C22H22F3N5O4S/c1-3-5-6-34-18-17(12-7-13(20(31)32)10-26-9-12)14(8-16(29-18)30-21(33)27-4-2)19-28-15(11-35-19)22(23,24)25/h7-11H,3-6H2,1-2H3,(H,31,32)(H2,27,29,30,33). The van der Waals surface area contributed by atoms with Crippen LogP contribution in [0.3, 0.4) is 0 Å². The molecule has 9 nitrogen and oxygen atoms in total. The highest BCUT2D eigenvalue weighted by molar-refractivity contribution is 7.13. The number of ether oxygens (including phenoxy) is 1. The Labute approximate surface area is 202 Å². The molecule has 0 aromatic carbocycles. The third-order valence-electron chi connectivity index (χ3n) is 4.60. The lowest BCUT2D eigenvalue weighted by atomic mass is 10.0. The number of carbonyl (C=O) groups excluding carboxylic acids is 1. The summed E-state index contributed by atoms with van der Waals surface area (Å²) in [5.74, 6) is -1.21. The molecule has 3 aromatic rings. The lowest BCUT2D eigenvalue weighted by molar-refractivity contribution is -0.140. The van der Waals surface area contributed by atoms with Gasteiger partial charge in [0.1, 0.15) is 10.8 Å². The van der Waals surface area contributed by atoms with Crippen LogP contribution in [-0.4, -0.2) is 45.2 Å². The normalized spacial score (nSPS) is 11.2. The van der Waals surface area contributed by atoms with Gasteiger partial charge >= 0.3 is 18.2 Å². The topological polar surface area (TPSA) is 126 Å². The Morgan fingerprint density at radius 1 is 1.17 bits per heavy atom. The van der Waals surface area contributed by atoms with Crippen LogP contribution in [0.1, 0.15) is 42.7 Å². The van der Waals surface area contributed by atoms with Gasteiger partial charge in [0, 0.05) is 35.4 Å². The summed E-state index contributed by atoms with van der Waals surface area (Å²) >= 11 is 0.744. The molecule has 0 fully saturated rings. The third kappa shape index (κ3) is 6.44. The molecule has 2 amide bonds. The molecule has 3 N–H and O–H groups in total. The van der Waals surface area contributed by atoms with E-state index in [0.717, 1.165) is 29.3 Å². The van der Waals surface area contributed by atoms with Gasteiger partial charge in [0.05, 0.1) is 17.7 Å². The van der Waals surface area contributed by atoms with Gasteiger partial charge in [-0.05, 0) is 25.5 Å². The van der Waals surface area contributed by atoms with E-state index in [1.54, 1.807) is 6.92 Å². The Morgan fingerprint density at radius 2 is 1.94 bits per heavy atom. The molecule has 0 saturated heterocycles. The Kier molecular flexibility index (Phi) is 8.22. The number of hydrogen-bond acceptors (Lipinski definition) is 7. The van der Waals surface area contributed by atoms with Crippen molar-refractivity contribution < 1.29 is 32.6 Å². The number of anilines is 1. The minimum absolute atomic E-state index is 0.00385. The van der Waals surface area contributed by atoms with Gasteiger partial charge in [-0.15, -0.1) is 11.3 Å². The van der Waals surface area contributed by atoms with Crippen LogP contribution < -0.4 is 15.4 Å². The molecule has 0 saturated carbocycles.